The van der Waals surface area contributed by atoms with E-state index in [0.29, 0.717) is 13.2 Å². The van der Waals surface area contributed by atoms with Crippen molar-refractivity contribution in [1.29, 1.82) is 0 Å². The summed E-state index contributed by atoms with van der Waals surface area (Å²) in [6.45, 7) is 7.78. The van der Waals surface area contributed by atoms with Crippen LogP contribution in [-0.4, -0.2) is 37.3 Å². The molecule has 1 aromatic carbocycles. The Balaban J connectivity index is 1.60. The Morgan fingerprint density at radius 3 is 2.53 bits per heavy atom. The molecule has 0 amide bonds. The zero-order valence-electron chi connectivity index (χ0n) is 19.4. The second kappa shape index (κ2) is 6.94. The van der Waals surface area contributed by atoms with E-state index in [1.165, 1.54) is 18.4 Å². The molecule has 7 atom stereocenters. The molecule has 1 heterocycles. The van der Waals surface area contributed by atoms with Gasteiger partial charge in [-0.05, 0) is 48.3 Å². The third kappa shape index (κ3) is 2.24. The van der Waals surface area contributed by atoms with E-state index < -0.39 is 11.9 Å². The molecule has 4 aliphatic carbocycles. The highest BCUT2D eigenvalue weighted by Gasteiger charge is 2.82. The molecule has 0 unspecified atom stereocenters. The van der Waals surface area contributed by atoms with Gasteiger partial charge in [-0.25, -0.2) is 0 Å². The summed E-state index contributed by atoms with van der Waals surface area (Å²) in [7, 11) is 1.71. The summed E-state index contributed by atoms with van der Waals surface area (Å²) >= 11 is 0. The number of aliphatic hydroxyl groups is 1. The fourth-order valence-corrected chi connectivity index (χ4v) is 9.11. The molecule has 5 aliphatic rings. The van der Waals surface area contributed by atoms with Crippen molar-refractivity contribution < 1.29 is 19.3 Å². The van der Waals surface area contributed by atoms with Crippen molar-refractivity contribution in [2.45, 2.75) is 62.8 Å². The number of ether oxygens (including phenoxy) is 3. The van der Waals surface area contributed by atoms with Gasteiger partial charge in [-0.15, -0.1) is 6.58 Å². The van der Waals surface area contributed by atoms with Crippen LogP contribution in [-0.2, 0) is 14.9 Å². The summed E-state index contributed by atoms with van der Waals surface area (Å²) in [6.07, 6.45) is 12.8. The van der Waals surface area contributed by atoms with Gasteiger partial charge in [0.2, 0.25) is 0 Å². The number of fused-ring (bicyclic) bond motifs is 3. The molecular weight excluding hydrogens is 400 g/mol. The van der Waals surface area contributed by atoms with Crippen LogP contribution in [0.5, 0.6) is 5.75 Å². The van der Waals surface area contributed by atoms with Crippen LogP contribution in [0.25, 0.3) is 0 Å². The van der Waals surface area contributed by atoms with Crippen molar-refractivity contribution in [3.63, 3.8) is 0 Å². The van der Waals surface area contributed by atoms with Crippen LogP contribution in [0.2, 0.25) is 0 Å². The highest BCUT2D eigenvalue weighted by atomic mass is 16.7. The van der Waals surface area contributed by atoms with Gasteiger partial charge in [0, 0.05) is 29.1 Å². The lowest BCUT2D eigenvalue weighted by atomic mass is 9.52. The molecule has 1 aliphatic heterocycles. The van der Waals surface area contributed by atoms with Gasteiger partial charge in [0.25, 0.3) is 0 Å². The topological polar surface area (TPSA) is 47.9 Å². The van der Waals surface area contributed by atoms with E-state index in [-0.39, 0.29) is 34.0 Å². The second-order valence-corrected chi connectivity index (χ2v) is 11.0. The molecule has 3 saturated carbocycles. The van der Waals surface area contributed by atoms with Gasteiger partial charge < -0.3 is 19.3 Å². The van der Waals surface area contributed by atoms with Crippen LogP contribution in [0.4, 0.5) is 0 Å². The summed E-state index contributed by atoms with van der Waals surface area (Å²) in [4.78, 5) is 0. The summed E-state index contributed by atoms with van der Waals surface area (Å²) in [5, 5.41) is 12.0. The van der Waals surface area contributed by atoms with Crippen LogP contribution >= 0.6 is 0 Å². The molecule has 0 aromatic heterocycles. The third-order valence-electron chi connectivity index (χ3n) is 10.2. The Morgan fingerprint density at radius 2 is 1.84 bits per heavy atom. The minimum Gasteiger partial charge on any atom is -0.497 e. The van der Waals surface area contributed by atoms with E-state index in [4.69, 9.17) is 14.2 Å². The van der Waals surface area contributed by atoms with Gasteiger partial charge in [-0.3, -0.25) is 0 Å². The largest absolute Gasteiger partial charge is 0.497 e. The molecule has 4 nitrogen and oxygen atoms in total. The van der Waals surface area contributed by atoms with E-state index in [1.807, 2.05) is 6.08 Å². The third-order valence-corrected chi connectivity index (χ3v) is 10.2. The molecule has 1 saturated heterocycles. The van der Waals surface area contributed by atoms with Gasteiger partial charge in [0.05, 0.1) is 26.4 Å². The first-order chi connectivity index (χ1) is 15.5. The predicted molar refractivity (Wildman–Crippen MR) is 123 cm³/mol. The highest BCUT2D eigenvalue weighted by molar-refractivity contribution is 5.51. The quantitative estimate of drug-likeness (QED) is 0.674. The zero-order chi connectivity index (χ0) is 22.2. The van der Waals surface area contributed by atoms with Crippen LogP contribution in [0, 0.1) is 28.6 Å². The maximum atomic E-state index is 12.0. The molecule has 1 spiro atoms. The first-order valence-corrected chi connectivity index (χ1v) is 12.4. The van der Waals surface area contributed by atoms with Crippen LogP contribution < -0.4 is 4.74 Å². The van der Waals surface area contributed by atoms with Gasteiger partial charge >= 0.3 is 0 Å². The minimum absolute atomic E-state index is 0.0136. The number of hydrogen-bond acceptors (Lipinski definition) is 4. The average Bonchev–Trinajstić information content (AvgIpc) is 3.44. The van der Waals surface area contributed by atoms with E-state index >= 15 is 0 Å². The number of aliphatic hydroxyl groups excluding tert-OH is 1. The summed E-state index contributed by atoms with van der Waals surface area (Å²) < 4.78 is 18.6. The summed E-state index contributed by atoms with van der Waals surface area (Å²) in [5.74, 6) is 0.577. The number of methoxy groups -OCH3 is 1. The van der Waals surface area contributed by atoms with Crippen molar-refractivity contribution in [2.24, 2.45) is 28.6 Å². The first-order valence-electron chi connectivity index (χ1n) is 12.4. The second-order valence-electron chi connectivity index (χ2n) is 11.0. The van der Waals surface area contributed by atoms with E-state index in [2.05, 4.69) is 49.9 Å². The molecule has 4 fully saturated rings. The van der Waals surface area contributed by atoms with Crippen LogP contribution in [0.3, 0.4) is 0 Å². The molecule has 2 bridgehead atoms. The Bertz CT molecular complexity index is 931. The number of benzene rings is 1. The molecule has 6 rings (SSSR count). The summed E-state index contributed by atoms with van der Waals surface area (Å²) in [6, 6.07) is 8.61. The van der Waals surface area contributed by atoms with Crippen molar-refractivity contribution in [2.75, 3.05) is 20.3 Å². The molecule has 0 radical (unpaired) electrons. The lowest BCUT2D eigenvalue weighted by Gasteiger charge is -2.55. The van der Waals surface area contributed by atoms with Crippen molar-refractivity contribution in [3.05, 3.63) is 54.6 Å². The molecule has 4 heteroatoms. The zero-order valence-corrected chi connectivity index (χ0v) is 19.4. The van der Waals surface area contributed by atoms with Crippen molar-refractivity contribution in [1.82, 2.24) is 0 Å². The van der Waals surface area contributed by atoms with E-state index in [9.17, 15) is 5.11 Å². The maximum absolute atomic E-state index is 12.0. The average molecular weight is 437 g/mol. The molecule has 1 aromatic rings. The number of rotatable bonds is 4. The lowest BCUT2D eigenvalue weighted by Crippen LogP contribution is -2.60. The van der Waals surface area contributed by atoms with Crippen LogP contribution in [0.1, 0.15) is 51.0 Å². The lowest BCUT2D eigenvalue weighted by molar-refractivity contribution is -0.272. The molecule has 32 heavy (non-hydrogen) atoms. The van der Waals surface area contributed by atoms with E-state index in [0.717, 1.165) is 31.4 Å². The smallest absolute Gasteiger partial charge is 0.172 e. The normalized spacial score (nSPS) is 45.6. The fraction of sp³-hybridized carbons (Fsp3) is 0.643. The summed E-state index contributed by atoms with van der Waals surface area (Å²) in [5.41, 5.74) is 1.06. The van der Waals surface area contributed by atoms with E-state index in [1.54, 1.807) is 7.11 Å². The van der Waals surface area contributed by atoms with Crippen molar-refractivity contribution >= 4 is 0 Å². The van der Waals surface area contributed by atoms with Gasteiger partial charge in [-0.1, -0.05) is 50.1 Å². The standard InChI is InChI=1S/C28H36O4/c1-4-7-19-18-28(31-16-17-32-28)24-22(23(19)29)27(20-8-10-21(30-3)11-9-20)15-14-26(24)13-6-5-12-25(26,27)2/h4,8-11,14-15,19,22-24,29H,1,5-7,12-13,16-18H2,2-3H3/t19-,22+,23+,24-,25-,26-,27-/m0/s1. The molecule has 1 N–H and O–H groups in total. The predicted octanol–water partition coefficient (Wildman–Crippen LogP) is 5.02. The molecule has 172 valence electrons. The van der Waals surface area contributed by atoms with Gasteiger partial charge in [0.15, 0.2) is 5.79 Å². The van der Waals surface area contributed by atoms with Gasteiger partial charge in [-0.2, -0.15) is 0 Å². The maximum Gasteiger partial charge on any atom is 0.172 e. The molecular formula is C28H36O4. The monoisotopic (exact) mass is 436 g/mol. The van der Waals surface area contributed by atoms with Gasteiger partial charge in [0.1, 0.15) is 5.75 Å². The highest BCUT2D eigenvalue weighted by Crippen LogP contribution is 2.82. The number of allylic oxidation sites excluding steroid dienone is 3. The van der Waals surface area contributed by atoms with Crippen LogP contribution in [0.15, 0.2) is 49.1 Å². The Labute approximate surface area is 191 Å². The SMILES string of the molecule is C=CC[C@H]1CC2(OCCO2)[C@H]2[C@@H]([C@@H]1O)[C@@]1(c3ccc(OC)cc3)C=C[C@@]23CCCC[C@]13C. The Hall–Kier alpha value is -1.62. The Morgan fingerprint density at radius 1 is 1.12 bits per heavy atom. The minimum atomic E-state index is -0.602. The van der Waals surface area contributed by atoms with Crippen molar-refractivity contribution in [3.8, 4) is 5.75 Å². The Kier molecular flexibility index (Phi) is 4.55. The number of hydrogen-bond donors (Lipinski definition) is 1. The fourth-order valence-electron chi connectivity index (χ4n) is 9.11. The first kappa shape index (κ1) is 20.9.